The molecule has 32 heavy (non-hydrogen) atoms. The molecule has 1 fully saturated rings. The molecule has 1 aliphatic carbocycles. The molecule has 1 aliphatic rings. The zero-order valence-corrected chi connectivity index (χ0v) is 21.3. The lowest BCUT2D eigenvalue weighted by Gasteiger charge is -2.25. The van der Waals surface area contributed by atoms with Crippen molar-refractivity contribution < 1.29 is 28.1 Å². The lowest BCUT2D eigenvalue weighted by molar-refractivity contribution is -0.140. The second kappa shape index (κ2) is 14.8. The predicted octanol–water partition coefficient (Wildman–Crippen LogP) is 4.11. The molecule has 1 aromatic carbocycles. The number of rotatable bonds is 13. The molecule has 1 aromatic rings. The summed E-state index contributed by atoms with van der Waals surface area (Å²) >= 11 is 5.94. The van der Waals surface area contributed by atoms with Crippen LogP contribution in [0.3, 0.4) is 0 Å². The molecule has 0 aromatic heterocycles. The van der Waals surface area contributed by atoms with Crippen molar-refractivity contribution in [2.75, 3.05) is 20.3 Å². The van der Waals surface area contributed by atoms with Crippen molar-refractivity contribution in [2.24, 2.45) is 11.8 Å². The molecule has 7 nitrogen and oxygen atoms in total. The van der Waals surface area contributed by atoms with Gasteiger partial charge in [-0.15, -0.1) is 0 Å². The van der Waals surface area contributed by atoms with Crippen LogP contribution in [0.15, 0.2) is 36.4 Å². The predicted molar refractivity (Wildman–Crippen MR) is 130 cm³/mol. The second-order valence-corrected chi connectivity index (χ2v) is 8.62. The minimum absolute atomic E-state index is 0.00915. The van der Waals surface area contributed by atoms with Crippen LogP contribution in [-0.2, 0) is 23.4 Å². The normalized spacial score (nSPS) is 22.8. The second-order valence-electron chi connectivity index (χ2n) is 7.64. The highest BCUT2D eigenvalue weighted by Gasteiger charge is 2.43. The fraction of sp³-hybridized carbons (Fsp3) is 0.545. The van der Waals surface area contributed by atoms with Gasteiger partial charge in [-0.05, 0) is 43.4 Å². The van der Waals surface area contributed by atoms with E-state index in [9.17, 15) is 9.59 Å². The Morgan fingerprint density at radius 1 is 1.19 bits per heavy atom. The topological polar surface area (TPSA) is 83.1 Å². The minimum Gasteiger partial charge on any atom is -0.484 e. The summed E-state index contributed by atoms with van der Waals surface area (Å²) in [5, 5.41) is 3.51. The van der Waals surface area contributed by atoms with Gasteiger partial charge in [0.25, 0.3) is 5.91 Å². The third-order valence-electron chi connectivity index (χ3n) is 5.57. The van der Waals surface area contributed by atoms with E-state index in [1.54, 1.807) is 24.3 Å². The van der Waals surface area contributed by atoms with Gasteiger partial charge in [-0.1, -0.05) is 29.8 Å². The Kier molecular flexibility index (Phi) is 12.5. The largest absolute Gasteiger partial charge is 0.484 e. The number of hydrogen-bond acceptors (Lipinski definition) is 6. The highest BCUT2D eigenvalue weighted by atomic mass is 35.5. The average Bonchev–Trinajstić information content (AvgIpc) is 3.14. The summed E-state index contributed by atoms with van der Waals surface area (Å²) in [5.74, 6) is 0.421. The molecule has 178 valence electrons. The third kappa shape index (κ3) is 8.96. The van der Waals surface area contributed by atoms with Crippen molar-refractivity contribution in [1.82, 2.24) is 5.32 Å². The average molecular weight is 504 g/mol. The van der Waals surface area contributed by atoms with Crippen molar-refractivity contribution in [3.63, 3.8) is 0 Å². The summed E-state index contributed by atoms with van der Waals surface area (Å²) in [4.78, 5) is 23.5. The van der Waals surface area contributed by atoms with Crippen molar-refractivity contribution in [1.29, 1.82) is 0 Å². The highest BCUT2D eigenvalue weighted by Crippen LogP contribution is 2.40. The molecule has 6 atom stereocenters. The van der Waals surface area contributed by atoms with Gasteiger partial charge in [0.05, 0.1) is 19.3 Å². The molecule has 1 amide bonds. The molecule has 0 heterocycles. The van der Waals surface area contributed by atoms with Crippen LogP contribution in [0.5, 0.6) is 5.75 Å². The highest BCUT2D eigenvalue weighted by molar-refractivity contribution is 7.10. The summed E-state index contributed by atoms with van der Waals surface area (Å²) in [5.41, 5.74) is 0. The molecular weight excluding hydrogens is 472 g/mol. The molecule has 2 rings (SSSR count). The number of ether oxygens (including phenoxy) is 2. The maximum Gasteiger partial charge on any atom is 0.305 e. The van der Waals surface area contributed by atoms with Crippen LogP contribution in [0, 0.1) is 11.8 Å². The van der Waals surface area contributed by atoms with E-state index in [1.165, 1.54) is 7.11 Å². The Morgan fingerprint density at radius 3 is 2.62 bits per heavy atom. The van der Waals surface area contributed by atoms with Crippen molar-refractivity contribution in [2.45, 2.75) is 44.3 Å². The number of carbonyl (C=O) groups is 2. The van der Waals surface area contributed by atoms with E-state index in [-0.39, 0.29) is 42.5 Å². The molecule has 1 N–H and O–H groups in total. The number of esters is 1. The number of unbranched alkanes of at least 4 members (excludes halogenated alkanes) is 1. The molecule has 4 unspecified atom stereocenters. The van der Waals surface area contributed by atoms with Gasteiger partial charge >= 0.3 is 5.97 Å². The monoisotopic (exact) mass is 503 g/mol. The van der Waals surface area contributed by atoms with E-state index in [4.69, 9.17) is 25.4 Å². The first kappa shape index (κ1) is 27.0. The first-order valence-electron chi connectivity index (χ1n) is 10.6. The first-order chi connectivity index (χ1) is 15.5. The van der Waals surface area contributed by atoms with Gasteiger partial charge in [0.15, 0.2) is 6.61 Å². The molecule has 0 aliphatic heterocycles. The number of nitrogens with one attached hydrogen (secondary N) is 1. The Morgan fingerprint density at radius 2 is 1.94 bits per heavy atom. The molecule has 0 bridgehead atoms. The molecule has 10 heteroatoms. The zero-order chi connectivity index (χ0) is 23.3. The van der Waals surface area contributed by atoms with Gasteiger partial charge in [-0.3, -0.25) is 9.59 Å². The Hall–Kier alpha value is -1.23. The van der Waals surface area contributed by atoms with E-state index in [0.717, 1.165) is 25.7 Å². The van der Waals surface area contributed by atoms with Crippen LogP contribution in [0.2, 0.25) is 5.02 Å². The summed E-state index contributed by atoms with van der Waals surface area (Å²) in [6.45, 7) is 0.371. The molecule has 0 saturated heterocycles. The lowest BCUT2D eigenvalue weighted by Crippen LogP contribution is -2.38. The fourth-order valence-electron chi connectivity index (χ4n) is 3.88. The van der Waals surface area contributed by atoms with E-state index in [0.29, 0.717) is 23.7 Å². The number of methoxy groups -OCH3 is 1. The van der Waals surface area contributed by atoms with Crippen molar-refractivity contribution in [3.05, 3.63) is 41.4 Å². The van der Waals surface area contributed by atoms with Crippen LogP contribution >= 0.6 is 30.5 Å². The van der Waals surface area contributed by atoms with Gasteiger partial charge in [-0.25, -0.2) is 0 Å². The van der Waals surface area contributed by atoms with Gasteiger partial charge in [0.1, 0.15) is 5.75 Å². The van der Waals surface area contributed by atoms with Crippen molar-refractivity contribution >= 4 is 42.4 Å². The van der Waals surface area contributed by atoms with Gasteiger partial charge in [0.2, 0.25) is 0 Å². The lowest BCUT2D eigenvalue weighted by atomic mass is 9.90. The number of benzene rings is 1. The molecule has 0 radical (unpaired) electrons. The Bertz CT molecular complexity index is 766. The minimum atomic E-state index is -0.208. The van der Waals surface area contributed by atoms with Crippen LogP contribution in [0.1, 0.15) is 32.1 Å². The van der Waals surface area contributed by atoms with Crippen LogP contribution < -0.4 is 10.1 Å². The maximum absolute atomic E-state index is 12.3. The van der Waals surface area contributed by atoms with E-state index in [2.05, 4.69) is 41.1 Å². The number of amides is 1. The number of halogens is 1. The molecule has 0 spiro atoms. The summed E-state index contributed by atoms with van der Waals surface area (Å²) in [6, 6.07) is 6.93. The van der Waals surface area contributed by atoms with Crippen molar-refractivity contribution in [3.8, 4) is 5.75 Å². The van der Waals surface area contributed by atoms with Crippen LogP contribution in [0.4, 0.5) is 0 Å². The quantitative estimate of drug-likeness (QED) is 0.189. The Balaban J connectivity index is 1.85. The van der Waals surface area contributed by atoms with Crippen LogP contribution in [0.25, 0.3) is 0 Å². The van der Waals surface area contributed by atoms with E-state index in [1.807, 2.05) is 0 Å². The van der Waals surface area contributed by atoms with E-state index >= 15 is 0 Å². The van der Waals surface area contributed by atoms with Gasteiger partial charge < -0.3 is 23.8 Å². The standard InChI is InChI=1S/C22H32ClNO6P2/c1-27-22(26)10-5-3-2-4-9-17-18(20(30-32)12-19(17)29-31)13-24-21(25)14-28-16-8-6-7-15(23)11-16/h2,4,6-8,11,17-20H,3,5,9-10,12-14,31-32H2,1H3,(H,24,25)/t17-,18-,19?,20?/m1/s1. The maximum atomic E-state index is 12.3. The molecule has 1 saturated carbocycles. The van der Waals surface area contributed by atoms with Gasteiger partial charge in [-0.2, -0.15) is 0 Å². The summed E-state index contributed by atoms with van der Waals surface area (Å²) in [7, 11) is 6.07. The van der Waals surface area contributed by atoms with E-state index < -0.39 is 0 Å². The SMILES string of the molecule is COC(=O)CCCC=CC[C@H]1C(OP)CC(OP)[C@@H]1CNC(=O)COc1cccc(Cl)c1. The smallest absolute Gasteiger partial charge is 0.305 e. The zero-order valence-electron chi connectivity index (χ0n) is 18.2. The fourth-order valence-corrected chi connectivity index (χ4v) is 4.68. The molecular formula is C22H32ClNO6P2. The van der Waals surface area contributed by atoms with Crippen LogP contribution in [-0.4, -0.2) is 44.3 Å². The number of allylic oxidation sites excluding steroid dienone is 2. The van der Waals surface area contributed by atoms with Gasteiger partial charge in [0, 0.05) is 49.3 Å². The first-order valence-corrected chi connectivity index (χ1v) is 11.9. The number of carbonyl (C=O) groups excluding carboxylic acids is 2. The summed E-state index contributed by atoms with van der Waals surface area (Å²) in [6.07, 6.45) is 7.66. The summed E-state index contributed by atoms with van der Waals surface area (Å²) < 4.78 is 21.4. The third-order valence-corrected chi connectivity index (χ3v) is 6.51. The number of hydrogen-bond donors (Lipinski definition) is 1. The Labute approximate surface area is 199 Å².